The van der Waals surface area contributed by atoms with Gasteiger partial charge in [-0.05, 0) is 42.4 Å². The second-order valence-electron chi connectivity index (χ2n) is 5.29. The van der Waals surface area contributed by atoms with Gasteiger partial charge in [0.2, 0.25) is 0 Å². The maximum absolute atomic E-state index is 10.6. The van der Waals surface area contributed by atoms with E-state index in [0.29, 0.717) is 11.8 Å². The molecule has 2 fully saturated rings. The first-order valence-electron chi connectivity index (χ1n) is 6.17. The fraction of sp³-hybridized carbons (Fsp3) is 0.571. The van der Waals surface area contributed by atoms with Crippen LogP contribution in [0.2, 0.25) is 0 Å². The number of hydrogen-bond acceptors (Lipinski definition) is 1. The van der Waals surface area contributed by atoms with Crippen molar-refractivity contribution in [1.29, 1.82) is 0 Å². The van der Waals surface area contributed by atoms with E-state index < -0.39 is 0 Å². The summed E-state index contributed by atoms with van der Waals surface area (Å²) in [5, 5.41) is 10.6. The Labute approximate surface area is 105 Å². The van der Waals surface area contributed by atoms with Crippen LogP contribution in [0.1, 0.15) is 31.2 Å². The number of fused-ring (bicyclic) bond motifs is 1. The highest BCUT2D eigenvalue weighted by Crippen LogP contribution is 2.59. The average molecular weight is 281 g/mol. The van der Waals surface area contributed by atoms with Crippen LogP contribution in [-0.2, 0) is 6.42 Å². The molecule has 1 aromatic carbocycles. The Balaban J connectivity index is 1.73. The van der Waals surface area contributed by atoms with Crippen LogP contribution in [0, 0.1) is 11.8 Å². The minimum absolute atomic E-state index is 0.371. The van der Waals surface area contributed by atoms with Gasteiger partial charge in [0.15, 0.2) is 0 Å². The highest BCUT2D eigenvalue weighted by Gasteiger charge is 2.63. The molecule has 2 heteroatoms. The molecule has 16 heavy (non-hydrogen) atoms. The lowest BCUT2D eigenvalue weighted by atomic mass is 10.0. The van der Waals surface area contributed by atoms with Gasteiger partial charge in [0.1, 0.15) is 0 Å². The summed E-state index contributed by atoms with van der Waals surface area (Å²) in [5.41, 5.74) is 0.893. The van der Waals surface area contributed by atoms with Crippen molar-refractivity contribution >= 4 is 15.9 Å². The lowest BCUT2D eigenvalue weighted by Gasteiger charge is -2.10. The second-order valence-corrected chi connectivity index (χ2v) is 6.21. The molecule has 2 saturated carbocycles. The second kappa shape index (κ2) is 3.85. The van der Waals surface area contributed by atoms with Gasteiger partial charge in [-0.25, -0.2) is 0 Å². The van der Waals surface area contributed by atoms with Gasteiger partial charge in [0, 0.05) is 10.9 Å². The van der Waals surface area contributed by atoms with Gasteiger partial charge in [-0.15, -0.1) is 0 Å². The predicted octanol–water partition coefficient (Wildman–Crippen LogP) is 3.54. The third kappa shape index (κ3) is 1.72. The molecule has 2 aliphatic carbocycles. The SMILES string of the molecule is OC1(Cc2ccc(Br)cc2)C2CCCCC21. The minimum atomic E-state index is -0.371. The van der Waals surface area contributed by atoms with E-state index in [1.54, 1.807) is 0 Å². The van der Waals surface area contributed by atoms with Gasteiger partial charge in [-0.2, -0.15) is 0 Å². The van der Waals surface area contributed by atoms with Crippen molar-refractivity contribution in [2.75, 3.05) is 0 Å². The molecular formula is C14H17BrO. The van der Waals surface area contributed by atoms with Gasteiger partial charge < -0.3 is 5.11 Å². The highest BCUT2D eigenvalue weighted by molar-refractivity contribution is 9.10. The summed E-state index contributed by atoms with van der Waals surface area (Å²) in [5.74, 6) is 1.18. The van der Waals surface area contributed by atoms with E-state index in [1.165, 1.54) is 31.2 Å². The summed E-state index contributed by atoms with van der Waals surface area (Å²) in [7, 11) is 0. The van der Waals surface area contributed by atoms with Crippen LogP contribution >= 0.6 is 15.9 Å². The summed E-state index contributed by atoms with van der Waals surface area (Å²) in [4.78, 5) is 0. The number of halogens is 1. The van der Waals surface area contributed by atoms with Crippen LogP contribution in [0.15, 0.2) is 28.7 Å². The minimum Gasteiger partial charge on any atom is -0.389 e. The van der Waals surface area contributed by atoms with Gasteiger partial charge in [0.25, 0.3) is 0 Å². The van der Waals surface area contributed by atoms with Crippen molar-refractivity contribution in [3.05, 3.63) is 34.3 Å². The maximum Gasteiger partial charge on any atom is 0.0751 e. The number of rotatable bonds is 2. The lowest BCUT2D eigenvalue weighted by Crippen LogP contribution is -2.16. The van der Waals surface area contributed by atoms with Crippen molar-refractivity contribution in [3.63, 3.8) is 0 Å². The predicted molar refractivity (Wildman–Crippen MR) is 68.2 cm³/mol. The number of aliphatic hydroxyl groups is 1. The van der Waals surface area contributed by atoms with Crippen LogP contribution in [0.3, 0.4) is 0 Å². The number of benzene rings is 1. The Morgan fingerprint density at radius 1 is 1.12 bits per heavy atom. The molecule has 1 nitrogen and oxygen atoms in total. The Morgan fingerprint density at radius 3 is 2.25 bits per heavy atom. The summed E-state index contributed by atoms with van der Waals surface area (Å²) >= 11 is 3.44. The molecule has 3 rings (SSSR count). The average Bonchev–Trinajstić information content (AvgIpc) is 2.89. The van der Waals surface area contributed by atoms with Gasteiger partial charge in [-0.1, -0.05) is 40.9 Å². The zero-order valence-corrected chi connectivity index (χ0v) is 10.9. The third-order valence-corrected chi connectivity index (χ3v) is 4.87. The van der Waals surface area contributed by atoms with E-state index in [9.17, 15) is 5.11 Å². The molecule has 0 amide bonds. The fourth-order valence-electron chi connectivity index (χ4n) is 3.41. The Bertz CT molecular complexity index is 372. The smallest absolute Gasteiger partial charge is 0.0751 e. The zero-order valence-electron chi connectivity index (χ0n) is 9.32. The van der Waals surface area contributed by atoms with Gasteiger partial charge in [-0.3, -0.25) is 0 Å². The van der Waals surface area contributed by atoms with Crippen LogP contribution in [0.5, 0.6) is 0 Å². The zero-order chi connectivity index (χ0) is 11.2. The molecule has 0 aromatic heterocycles. The van der Waals surface area contributed by atoms with Crippen LogP contribution in [0.4, 0.5) is 0 Å². The molecule has 2 aliphatic rings. The van der Waals surface area contributed by atoms with E-state index in [-0.39, 0.29) is 5.60 Å². The number of hydrogen-bond donors (Lipinski definition) is 1. The molecule has 86 valence electrons. The monoisotopic (exact) mass is 280 g/mol. The Kier molecular flexibility index (Phi) is 2.60. The van der Waals surface area contributed by atoms with Crippen LogP contribution in [0.25, 0.3) is 0 Å². The quantitative estimate of drug-likeness (QED) is 0.879. The van der Waals surface area contributed by atoms with E-state index in [4.69, 9.17) is 0 Å². The Morgan fingerprint density at radius 2 is 1.69 bits per heavy atom. The summed E-state index contributed by atoms with van der Waals surface area (Å²) in [6.07, 6.45) is 5.93. The van der Waals surface area contributed by atoms with E-state index >= 15 is 0 Å². The summed E-state index contributed by atoms with van der Waals surface area (Å²) in [6, 6.07) is 8.36. The fourth-order valence-corrected chi connectivity index (χ4v) is 3.67. The van der Waals surface area contributed by atoms with Crippen molar-refractivity contribution in [1.82, 2.24) is 0 Å². The summed E-state index contributed by atoms with van der Waals surface area (Å²) in [6.45, 7) is 0. The molecule has 0 bridgehead atoms. The molecule has 0 spiro atoms. The first kappa shape index (κ1) is 10.8. The summed E-state index contributed by atoms with van der Waals surface area (Å²) < 4.78 is 1.11. The van der Waals surface area contributed by atoms with Crippen LogP contribution in [-0.4, -0.2) is 10.7 Å². The van der Waals surface area contributed by atoms with Crippen molar-refractivity contribution < 1.29 is 5.11 Å². The van der Waals surface area contributed by atoms with E-state index in [0.717, 1.165) is 10.9 Å². The molecule has 0 heterocycles. The highest BCUT2D eigenvalue weighted by atomic mass is 79.9. The van der Waals surface area contributed by atoms with Crippen molar-refractivity contribution in [2.24, 2.45) is 11.8 Å². The molecule has 0 saturated heterocycles. The molecule has 1 aromatic rings. The van der Waals surface area contributed by atoms with Crippen molar-refractivity contribution in [2.45, 2.75) is 37.7 Å². The topological polar surface area (TPSA) is 20.2 Å². The third-order valence-electron chi connectivity index (χ3n) is 4.34. The normalized spacial score (nSPS) is 36.9. The molecule has 1 N–H and O–H groups in total. The first-order valence-corrected chi connectivity index (χ1v) is 6.96. The van der Waals surface area contributed by atoms with E-state index in [2.05, 4.69) is 40.2 Å². The van der Waals surface area contributed by atoms with E-state index in [1.807, 2.05) is 0 Å². The largest absolute Gasteiger partial charge is 0.389 e. The maximum atomic E-state index is 10.6. The molecular weight excluding hydrogens is 264 g/mol. The van der Waals surface area contributed by atoms with Crippen molar-refractivity contribution in [3.8, 4) is 0 Å². The molecule has 0 radical (unpaired) electrons. The van der Waals surface area contributed by atoms with Gasteiger partial charge >= 0.3 is 0 Å². The molecule has 2 unspecified atom stereocenters. The lowest BCUT2D eigenvalue weighted by molar-refractivity contribution is 0.119. The standard InChI is InChI=1S/C14H17BrO/c15-11-7-5-10(6-8-11)9-14(16)12-3-1-2-4-13(12)14/h5-8,12-13,16H,1-4,9H2. The van der Waals surface area contributed by atoms with Gasteiger partial charge in [0.05, 0.1) is 5.60 Å². The molecule has 0 aliphatic heterocycles. The molecule has 2 atom stereocenters. The van der Waals surface area contributed by atoms with Crippen LogP contribution < -0.4 is 0 Å². The first-order chi connectivity index (χ1) is 7.70. The Hall–Kier alpha value is -0.340.